The maximum atomic E-state index is 12.9. The van der Waals surface area contributed by atoms with Gasteiger partial charge in [-0.05, 0) is 89.9 Å². The van der Waals surface area contributed by atoms with Crippen molar-refractivity contribution in [1.82, 2.24) is 0 Å². The molecule has 0 N–H and O–H groups in total. The first-order chi connectivity index (χ1) is 36.0. The topological polar surface area (TPSA) is 78.9 Å². The number of unbranched alkanes of at least 4 members (excludes halogenated alkanes) is 34. The van der Waals surface area contributed by atoms with E-state index in [4.69, 9.17) is 14.2 Å². The second-order valence-corrected chi connectivity index (χ2v) is 20.9. The van der Waals surface area contributed by atoms with E-state index in [2.05, 4.69) is 93.7 Å². The third kappa shape index (κ3) is 59.6. The molecule has 0 bridgehead atoms. The smallest absolute Gasteiger partial charge is 0.306 e. The van der Waals surface area contributed by atoms with Crippen molar-refractivity contribution in [2.45, 2.75) is 322 Å². The molecule has 0 aliphatic heterocycles. The Hall–Kier alpha value is -3.15. The zero-order chi connectivity index (χ0) is 52.9. The van der Waals surface area contributed by atoms with Crippen LogP contribution in [0.3, 0.4) is 0 Å². The van der Waals surface area contributed by atoms with Crippen LogP contribution in [0.25, 0.3) is 0 Å². The van der Waals surface area contributed by atoms with Crippen molar-refractivity contribution >= 4 is 17.9 Å². The highest BCUT2D eigenvalue weighted by atomic mass is 16.6. The van der Waals surface area contributed by atoms with Gasteiger partial charge in [0.15, 0.2) is 6.10 Å². The fraction of sp³-hybridized carbons (Fsp3) is 0.776. The van der Waals surface area contributed by atoms with Crippen LogP contribution in [0.15, 0.2) is 72.9 Å². The number of ether oxygens (including phenoxy) is 3. The summed E-state index contributed by atoms with van der Waals surface area (Å²) < 4.78 is 16.9. The molecule has 0 aromatic rings. The maximum absolute atomic E-state index is 12.9. The van der Waals surface area contributed by atoms with Crippen LogP contribution in [0, 0.1) is 0 Å². The molecule has 1 atom stereocenters. The minimum atomic E-state index is -0.781. The Kier molecular flexibility index (Phi) is 58.7. The number of allylic oxidation sites excluding steroid dienone is 12. The highest BCUT2D eigenvalue weighted by molar-refractivity contribution is 5.71. The maximum Gasteiger partial charge on any atom is 0.306 e. The number of carbonyl (C=O) groups is 3. The van der Waals surface area contributed by atoms with Crippen molar-refractivity contribution < 1.29 is 28.6 Å². The highest BCUT2D eigenvalue weighted by Crippen LogP contribution is 2.16. The number of hydrogen-bond donors (Lipinski definition) is 0. The van der Waals surface area contributed by atoms with E-state index in [-0.39, 0.29) is 31.1 Å². The molecule has 0 spiro atoms. The first kappa shape index (κ1) is 69.8. The van der Waals surface area contributed by atoms with Crippen molar-refractivity contribution in [1.29, 1.82) is 0 Å². The molecule has 0 aromatic heterocycles. The van der Waals surface area contributed by atoms with Crippen LogP contribution in [0.1, 0.15) is 316 Å². The minimum Gasteiger partial charge on any atom is -0.462 e. The van der Waals surface area contributed by atoms with E-state index in [1.807, 2.05) is 0 Å². The van der Waals surface area contributed by atoms with Crippen molar-refractivity contribution in [3.63, 3.8) is 0 Å². The van der Waals surface area contributed by atoms with Gasteiger partial charge in [0.2, 0.25) is 0 Å². The van der Waals surface area contributed by atoms with Crippen molar-refractivity contribution in [2.24, 2.45) is 0 Å². The highest BCUT2D eigenvalue weighted by Gasteiger charge is 2.19. The second kappa shape index (κ2) is 61.4. The molecule has 1 unspecified atom stereocenters. The van der Waals surface area contributed by atoms with Crippen LogP contribution in [-0.2, 0) is 28.6 Å². The summed E-state index contributed by atoms with van der Waals surface area (Å²) in [7, 11) is 0. The Morgan fingerprint density at radius 2 is 0.534 bits per heavy atom. The molecule has 73 heavy (non-hydrogen) atoms. The molecule has 0 amide bonds. The summed E-state index contributed by atoms with van der Waals surface area (Å²) in [5.74, 6) is -0.877. The third-order valence-corrected chi connectivity index (χ3v) is 13.7. The number of esters is 3. The average Bonchev–Trinajstić information content (AvgIpc) is 3.39. The van der Waals surface area contributed by atoms with Gasteiger partial charge in [-0.1, -0.05) is 280 Å². The molecule has 0 heterocycles. The predicted molar refractivity (Wildman–Crippen MR) is 316 cm³/mol. The molecule has 0 rings (SSSR count). The lowest BCUT2D eigenvalue weighted by Gasteiger charge is -2.18. The fourth-order valence-corrected chi connectivity index (χ4v) is 9.00. The first-order valence-electron chi connectivity index (χ1n) is 31.4. The summed E-state index contributed by atoms with van der Waals surface area (Å²) in [5, 5.41) is 0. The SMILES string of the molecule is CC/C=C\C/C=C\C/C=C\C/C=C\C/C=C\CCCCCCCCCCCC(=O)OCC(COC(=O)CCCCCCCCCCCCCCCC)OC(=O)CCCCCCC/C=C\CCCCCCCCC. The zero-order valence-electron chi connectivity index (χ0n) is 48.4. The molecule has 422 valence electrons. The molecule has 0 aliphatic carbocycles. The van der Waals surface area contributed by atoms with Crippen LogP contribution in [0.4, 0.5) is 0 Å². The second-order valence-electron chi connectivity index (χ2n) is 20.9. The van der Waals surface area contributed by atoms with E-state index >= 15 is 0 Å². The summed E-state index contributed by atoms with van der Waals surface area (Å²) in [6.45, 7) is 6.55. The summed E-state index contributed by atoms with van der Waals surface area (Å²) in [5.41, 5.74) is 0. The average molecular weight is 1020 g/mol. The Balaban J connectivity index is 4.32. The van der Waals surface area contributed by atoms with E-state index in [1.165, 1.54) is 167 Å². The minimum absolute atomic E-state index is 0.0771. The molecular weight excluding hydrogens is 901 g/mol. The van der Waals surface area contributed by atoms with Gasteiger partial charge in [0.05, 0.1) is 0 Å². The third-order valence-electron chi connectivity index (χ3n) is 13.7. The summed E-state index contributed by atoms with van der Waals surface area (Å²) in [4.78, 5) is 38.3. The molecular formula is C67H118O6. The van der Waals surface area contributed by atoms with Gasteiger partial charge in [0, 0.05) is 19.3 Å². The van der Waals surface area contributed by atoms with Crippen LogP contribution in [-0.4, -0.2) is 37.2 Å². The van der Waals surface area contributed by atoms with E-state index in [9.17, 15) is 14.4 Å². The lowest BCUT2D eigenvalue weighted by Crippen LogP contribution is -2.30. The van der Waals surface area contributed by atoms with Crippen LogP contribution in [0.5, 0.6) is 0 Å². The van der Waals surface area contributed by atoms with E-state index in [0.29, 0.717) is 19.3 Å². The first-order valence-corrected chi connectivity index (χ1v) is 31.4. The molecule has 0 aliphatic rings. The standard InChI is InChI=1S/C67H118O6/c1-4-7-10-13-16-19-22-25-28-30-31-32-33-34-35-36-37-38-40-42-45-48-51-54-57-60-66(69)72-63-64(62-71-65(68)59-56-53-50-47-44-41-27-24-21-18-15-12-9-6-3)73-67(70)61-58-55-52-49-46-43-39-29-26-23-20-17-14-11-8-5-2/h7,10,16,19,25,28-29,31-32,34-35,39,64H,4-6,8-9,11-15,17-18,20-24,26-27,30,33,36-38,40-63H2,1-3H3/b10-7-,19-16-,28-25-,32-31-,35-34-,39-29-. The largest absolute Gasteiger partial charge is 0.462 e. The van der Waals surface area contributed by atoms with E-state index in [1.54, 1.807) is 0 Å². The number of rotatable bonds is 57. The number of carbonyl (C=O) groups excluding carboxylic acids is 3. The lowest BCUT2D eigenvalue weighted by atomic mass is 10.0. The summed E-state index contributed by atoms with van der Waals surface area (Å²) in [6.07, 6.45) is 79.0. The fourth-order valence-electron chi connectivity index (χ4n) is 9.00. The normalized spacial score (nSPS) is 12.5. The Bertz CT molecular complexity index is 1360. The predicted octanol–water partition coefficient (Wildman–Crippen LogP) is 21.3. The van der Waals surface area contributed by atoms with Gasteiger partial charge < -0.3 is 14.2 Å². The van der Waals surface area contributed by atoms with Gasteiger partial charge in [0.1, 0.15) is 13.2 Å². The monoisotopic (exact) mass is 1020 g/mol. The van der Waals surface area contributed by atoms with Crippen molar-refractivity contribution in [2.75, 3.05) is 13.2 Å². The van der Waals surface area contributed by atoms with Gasteiger partial charge in [-0.3, -0.25) is 14.4 Å². The Morgan fingerprint density at radius 3 is 0.849 bits per heavy atom. The van der Waals surface area contributed by atoms with Gasteiger partial charge in [-0.2, -0.15) is 0 Å². The molecule has 0 saturated carbocycles. The lowest BCUT2D eigenvalue weighted by molar-refractivity contribution is -0.167. The Morgan fingerprint density at radius 1 is 0.288 bits per heavy atom. The molecule has 6 heteroatoms. The molecule has 0 fully saturated rings. The van der Waals surface area contributed by atoms with Crippen LogP contribution in [0.2, 0.25) is 0 Å². The molecule has 0 radical (unpaired) electrons. The van der Waals surface area contributed by atoms with Crippen molar-refractivity contribution in [3.8, 4) is 0 Å². The van der Waals surface area contributed by atoms with E-state index < -0.39 is 6.10 Å². The summed E-state index contributed by atoms with van der Waals surface area (Å²) >= 11 is 0. The Labute approximate surface area is 453 Å². The quantitative estimate of drug-likeness (QED) is 0.0261. The van der Waals surface area contributed by atoms with Gasteiger partial charge in [-0.25, -0.2) is 0 Å². The zero-order valence-corrected chi connectivity index (χ0v) is 48.4. The summed E-state index contributed by atoms with van der Waals surface area (Å²) in [6, 6.07) is 0. The van der Waals surface area contributed by atoms with Crippen LogP contribution < -0.4 is 0 Å². The molecule has 0 saturated heterocycles. The van der Waals surface area contributed by atoms with Crippen LogP contribution >= 0.6 is 0 Å². The van der Waals surface area contributed by atoms with Crippen molar-refractivity contribution in [3.05, 3.63) is 72.9 Å². The van der Waals surface area contributed by atoms with Gasteiger partial charge in [-0.15, -0.1) is 0 Å². The van der Waals surface area contributed by atoms with Gasteiger partial charge in [0.25, 0.3) is 0 Å². The number of hydrogen-bond acceptors (Lipinski definition) is 6. The van der Waals surface area contributed by atoms with E-state index in [0.717, 1.165) is 109 Å². The van der Waals surface area contributed by atoms with Gasteiger partial charge >= 0.3 is 17.9 Å². The molecule has 0 aromatic carbocycles. The molecule has 6 nitrogen and oxygen atoms in total.